The summed E-state index contributed by atoms with van der Waals surface area (Å²) in [7, 11) is 0. The predicted octanol–water partition coefficient (Wildman–Crippen LogP) is 8.88. The number of anilines is 1. The van der Waals surface area contributed by atoms with Crippen molar-refractivity contribution in [1.82, 2.24) is 14.9 Å². The third-order valence-corrected chi connectivity index (χ3v) is 9.62. The third-order valence-electron chi connectivity index (χ3n) is 8.29. The molecule has 2 aromatic heterocycles. The zero-order valence-corrected chi connectivity index (χ0v) is 26.3. The summed E-state index contributed by atoms with van der Waals surface area (Å²) in [5, 5.41) is 17.7. The maximum Gasteiger partial charge on any atom is 0.269 e. The normalized spacial score (nSPS) is 16.2. The van der Waals surface area contributed by atoms with Gasteiger partial charge in [0.1, 0.15) is 0 Å². The topological polar surface area (TPSA) is 76.2 Å². The van der Waals surface area contributed by atoms with Gasteiger partial charge in [0.2, 0.25) is 0 Å². The van der Waals surface area contributed by atoms with Gasteiger partial charge in [0.15, 0.2) is 5.11 Å². The molecule has 1 aliphatic heterocycles. The highest BCUT2D eigenvalue weighted by molar-refractivity contribution is 7.99. The molecule has 1 aliphatic rings. The number of non-ortho nitro benzene ring substituents is 1. The number of rotatable bonds is 7. The Bertz CT molecular complexity index is 2040. The molecular formula is C36H29N5O2S2. The fraction of sp³-hybridized carbons (Fsp3) is 0.111. The Hall–Kier alpha value is -4.99. The Morgan fingerprint density at radius 1 is 0.867 bits per heavy atom. The number of aryl methyl sites for hydroxylation is 1. The first-order chi connectivity index (χ1) is 21.9. The Kier molecular flexibility index (Phi) is 7.56. The first-order valence-corrected chi connectivity index (χ1v) is 15.8. The maximum atomic E-state index is 11.0. The highest BCUT2D eigenvalue weighted by Crippen LogP contribution is 2.44. The Balaban J connectivity index is 1.28. The van der Waals surface area contributed by atoms with Gasteiger partial charge in [-0.15, -0.1) is 0 Å². The molecule has 2 atom stereocenters. The number of hydrogen-bond acceptors (Lipinski definition) is 5. The van der Waals surface area contributed by atoms with E-state index in [9.17, 15) is 10.1 Å². The maximum absolute atomic E-state index is 11.0. The van der Waals surface area contributed by atoms with Crippen molar-refractivity contribution in [2.75, 3.05) is 4.90 Å². The fourth-order valence-electron chi connectivity index (χ4n) is 6.26. The van der Waals surface area contributed by atoms with Crippen molar-refractivity contribution in [2.24, 2.45) is 0 Å². The number of benzene rings is 4. The molecule has 1 fully saturated rings. The molecule has 3 heterocycles. The summed E-state index contributed by atoms with van der Waals surface area (Å²) < 4.78 is 2.34. The van der Waals surface area contributed by atoms with Gasteiger partial charge in [0.25, 0.3) is 5.69 Å². The molecule has 0 unspecified atom stereocenters. The highest BCUT2D eigenvalue weighted by atomic mass is 32.2. The minimum absolute atomic E-state index is 0.0815. The van der Waals surface area contributed by atoms with E-state index in [0.29, 0.717) is 5.11 Å². The van der Waals surface area contributed by atoms with Crippen molar-refractivity contribution in [2.45, 2.75) is 35.7 Å². The first kappa shape index (κ1) is 28.8. The van der Waals surface area contributed by atoms with E-state index in [4.69, 9.17) is 17.2 Å². The van der Waals surface area contributed by atoms with Crippen molar-refractivity contribution >= 4 is 51.2 Å². The number of hydrogen-bond donors (Lipinski definition) is 1. The Morgan fingerprint density at radius 2 is 1.56 bits per heavy atom. The lowest BCUT2D eigenvalue weighted by Gasteiger charge is -2.28. The Labute approximate surface area is 270 Å². The van der Waals surface area contributed by atoms with Crippen LogP contribution in [0.2, 0.25) is 0 Å². The van der Waals surface area contributed by atoms with Crippen molar-refractivity contribution in [3.63, 3.8) is 0 Å². The average molecular weight is 628 g/mol. The molecule has 0 saturated carbocycles. The molecule has 1 saturated heterocycles. The molecule has 9 heteroatoms. The van der Waals surface area contributed by atoms with Crippen LogP contribution in [0, 0.1) is 24.0 Å². The van der Waals surface area contributed by atoms with Crippen LogP contribution in [0.5, 0.6) is 0 Å². The second-order valence-electron chi connectivity index (χ2n) is 11.0. The van der Waals surface area contributed by atoms with Gasteiger partial charge in [-0.3, -0.25) is 15.1 Å². The van der Waals surface area contributed by atoms with Gasteiger partial charge in [0, 0.05) is 50.6 Å². The third kappa shape index (κ3) is 5.34. The predicted molar refractivity (Wildman–Crippen MR) is 184 cm³/mol. The zero-order valence-electron chi connectivity index (χ0n) is 24.6. The summed E-state index contributed by atoms with van der Waals surface area (Å²) in [5.41, 5.74) is 6.59. The standard InChI is InChI=1S/C36H29N5O2S2/c1-23-22-31(24(2)39(23)33-12-7-9-25-8-3-4-10-30(25)33)35-34(32-11-5-6-21-37-32)38-36(44)40(35)26-13-17-28(18-14-26)45-29-19-15-27(16-20-29)41(42)43/h3-22,34-35H,1-2H3,(H,38,44)/t34-,35+/m1/s1. The number of aromatic nitrogens is 2. The second-order valence-corrected chi connectivity index (χ2v) is 12.5. The van der Waals surface area contributed by atoms with Gasteiger partial charge < -0.3 is 14.8 Å². The number of nitrogens with one attached hydrogen (secondary N) is 1. The summed E-state index contributed by atoms with van der Waals surface area (Å²) in [6, 6.07) is 37.8. The number of nitro benzene ring substituents is 1. The minimum Gasteiger partial charge on any atom is -0.351 e. The van der Waals surface area contributed by atoms with Crippen LogP contribution in [0.4, 0.5) is 11.4 Å². The molecule has 7 nitrogen and oxygen atoms in total. The van der Waals surface area contributed by atoms with Crippen molar-refractivity contribution < 1.29 is 4.92 Å². The van der Waals surface area contributed by atoms with Crippen LogP contribution in [0.15, 0.2) is 131 Å². The van der Waals surface area contributed by atoms with Crippen LogP contribution in [0.3, 0.4) is 0 Å². The van der Waals surface area contributed by atoms with Gasteiger partial charge in [-0.05, 0) is 97.7 Å². The quantitative estimate of drug-likeness (QED) is 0.108. The van der Waals surface area contributed by atoms with E-state index in [1.165, 1.54) is 28.5 Å². The van der Waals surface area contributed by atoms with Gasteiger partial charge in [0.05, 0.1) is 28.4 Å². The van der Waals surface area contributed by atoms with Crippen molar-refractivity contribution in [3.8, 4) is 5.69 Å². The molecule has 222 valence electrons. The number of fused-ring (bicyclic) bond motifs is 1. The van der Waals surface area contributed by atoms with Crippen LogP contribution >= 0.6 is 24.0 Å². The first-order valence-electron chi connectivity index (χ1n) is 14.6. The van der Waals surface area contributed by atoms with Crippen molar-refractivity contribution in [3.05, 3.63) is 154 Å². The summed E-state index contributed by atoms with van der Waals surface area (Å²) in [6.07, 6.45) is 1.82. The summed E-state index contributed by atoms with van der Waals surface area (Å²) >= 11 is 7.57. The summed E-state index contributed by atoms with van der Waals surface area (Å²) in [4.78, 5) is 19.5. The fourth-order valence-corrected chi connectivity index (χ4v) is 7.42. The lowest BCUT2D eigenvalue weighted by atomic mass is 9.96. The molecular weight excluding hydrogens is 599 g/mol. The van der Waals surface area contributed by atoms with Gasteiger partial charge in [-0.1, -0.05) is 54.2 Å². The minimum atomic E-state index is -0.385. The van der Waals surface area contributed by atoms with Crippen LogP contribution in [0.25, 0.3) is 16.5 Å². The van der Waals surface area contributed by atoms with E-state index >= 15 is 0 Å². The van der Waals surface area contributed by atoms with Gasteiger partial charge in [-0.25, -0.2) is 0 Å². The lowest BCUT2D eigenvalue weighted by Crippen LogP contribution is -2.29. The molecule has 0 radical (unpaired) electrons. The van der Waals surface area contributed by atoms with E-state index in [-0.39, 0.29) is 22.7 Å². The number of pyridine rings is 1. The molecule has 4 aromatic carbocycles. The molecule has 45 heavy (non-hydrogen) atoms. The number of nitro groups is 1. The molecule has 1 N–H and O–H groups in total. The van der Waals surface area contributed by atoms with Crippen LogP contribution in [-0.4, -0.2) is 19.6 Å². The van der Waals surface area contributed by atoms with Gasteiger partial charge in [-0.2, -0.15) is 0 Å². The van der Waals surface area contributed by atoms with Crippen LogP contribution in [0.1, 0.15) is 34.7 Å². The molecule has 0 amide bonds. The van der Waals surface area contributed by atoms with Crippen molar-refractivity contribution in [1.29, 1.82) is 0 Å². The molecule has 6 aromatic rings. The lowest BCUT2D eigenvalue weighted by molar-refractivity contribution is -0.384. The van der Waals surface area contributed by atoms with E-state index in [0.717, 1.165) is 38.2 Å². The molecule has 7 rings (SSSR count). The van der Waals surface area contributed by atoms with E-state index in [1.807, 2.05) is 24.4 Å². The van der Waals surface area contributed by atoms with Crippen LogP contribution in [-0.2, 0) is 0 Å². The van der Waals surface area contributed by atoms with E-state index in [1.54, 1.807) is 23.9 Å². The van der Waals surface area contributed by atoms with Gasteiger partial charge >= 0.3 is 0 Å². The highest BCUT2D eigenvalue weighted by Gasteiger charge is 2.42. The van der Waals surface area contributed by atoms with E-state index < -0.39 is 0 Å². The summed E-state index contributed by atoms with van der Waals surface area (Å²) in [6.45, 7) is 4.34. The second kappa shape index (κ2) is 11.8. The monoisotopic (exact) mass is 627 g/mol. The summed E-state index contributed by atoms with van der Waals surface area (Å²) in [5.74, 6) is 0. The molecule has 0 aliphatic carbocycles. The Morgan fingerprint density at radius 3 is 2.27 bits per heavy atom. The number of thiocarbonyl (C=S) groups is 1. The largest absolute Gasteiger partial charge is 0.351 e. The SMILES string of the molecule is Cc1cc([C@H]2[C@@H](c3ccccn3)NC(=S)N2c2ccc(Sc3ccc([N+](=O)[O-])cc3)cc2)c(C)n1-c1cccc2ccccc12. The van der Waals surface area contributed by atoms with E-state index in [2.05, 4.69) is 101 Å². The molecule has 0 bridgehead atoms. The smallest absolute Gasteiger partial charge is 0.269 e. The molecule has 0 spiro atoms. The number of nitrogens with zero attached hydrogens (tertiary/aromatic N) is 4. The average Bonchev–Trinajstić information content (AvgIpc) is 3.56. The zero-order chi connectivity index (χ0) is 31.1. The van der Waals surface area contributed by atoms with Crippen LogP contribution < -0.4 is 10.2 Å².